The Morgan fingerprint density at radius 1 is 1.31 bits per heavy atom. The molecule has 1 fully saturated rings. The van der Waals surface area contributed by atoms with Gasteiger partial charge in [0, 0.05) is 39.1 Å². The van der Waals surface area contributed by atoms with Gasteiger partial charge in [-0.3, -0.25) is 4.79 Å². The Labute approximate surface area is 79.7 Å². The molecule has 0 atom stereocenters. The molecule has 0 aromatic heterocycles. The van der Waals surface area contributed by atoms with Gasteiger partial charge in [-0.25, -0.2) is 0 Å². The van der Waals surface area contributed by atoms with Crippen molar-refractivity contribution >= 4 is 5.78 Å². The molecule has 1 aliphatic rings. The number of nitrogens with two attached hydrogens (primary N) is 1. The summed E-state index contributed by atoms with van der Waals surface area (Å²) in [6.45, 7) is 5.44. The topological polar surface area (TPSA) is 49.6 Å². The predicted octanol–water partition coefficient (Wildman–Crippen LogP) is -0.848. The second kappa shape index (κ2) is 5.32. The first-order valence-corrected chi connectivity index (χ1v) is 4.85. The van der Waals surface area contributed by atoms with Gasteiger partial charge in [0.05, 0.1) is 6.54 Å². The lowest BCUT2D eigenvalue weighted by molar-refractivity contribution is -0.118. The summed E-state index contributed by atoms with van der Waals surface area (Å²) in [5.74, 6) is 0.166. The molecule has 0 radical (unpaired) electrons. The van der Waals surface area contributed by atoms with Gasteiger partial charge in [-0.05, 0) is 7.05 Å². The number of carbonyl (C=O) groups is 1. The van der Waals surface area contributed by atoms with E-state index < -0.39 is 0 Å². The first-order valence-electron chi connectivity index (χ1n) is 4.85. The van der Waals surface area contributed by atoms with E-state index in [2.05, 4.69) is 16.8 Å². The second-order valence-corrected chi connectivity index (χ2v) is 3.64. The van der Waals surface area contributed by atoms with Crippen LogP contribution in [-0.2, 0) is 4.79 Å². The summed E-state index contributed by atoms with van der Waals surface area (Å²) >= 11 is 0. The third-order valence-electron chi connectivity index (χ3n) is 2.53. The zero-order chi connectivity index (χ0) is 9.68. The second-order valence-electron chi connectivity index (χ2n) is 3.64. The highest BCUT2D eigenvalue weighted by molar-refractivity contribution is 5.80. The van der Waals surface area contributed by atoms with Crippen LogP contribution in [0, 0.1) is 0 Å². The van der Waals surface area contributed by atoms with E-state index in [1.54, 1.807) is 0 Å². The molecule has 0 saturated carbocycles. The number of hydrogen-bond acceptors (Lipinski definition) is 4. The zero-order valence-electron chi connectivity index (χ0n) is 8.33. The van der Waals surface area contributed by atoms with E-state index in [4.69, 9.17) is 5.73 Å². The van der Waals surface area contributed by atoms with E-state index in [1.165, 1.54) is 0 Å². The molecule has 1 rings (SSSR count). The van der Waals surface area contributed by atoms with Crippen LogP contribution in [0.3, 0.4) is 0 Å². The van der Waals surface area contributed by atoms with Crippen molar-refractivity contribution in [2.24, 2.45) is 5.73 Å². The van der Waals surface area contributed by atoms with Crippen LogP contribution in [0.15, 0.2) is 0 Å². The van der Waals surface area contributed by atoms with Crippen molar-refractivity contribution in [1.29, 1.82) is 0 Å². The Morgan fingerprint density at radius 3 is 2.46 bits per heavy atom. The maximum atomic E-state index is 11.0. The van der Waals surface area contributed by atoms with Crippen molar-refractivity contribution in [3.63, 3.8) is 0 Å². The fourth-order valence-corrected chi connectivity index (χ4v) is 1.46. The first-order chi connectivity index (χ1) is 6.22. The van der Waals surface area contributed by atoms with E-state index in [0.717, 1.165) is 32.7 Å². The third kappa shape index (κ3) is 3.85. The van der Waals surface area contributed by atoms with Crippen LogP contribution in [-0.4, -0.2) is 61.9 Å². The number of carbonyl (C=O) groups excluding carboxylic acids is 1. The van der Waals surface area contributed by atoms with Gasteiger partial charge in [0.15, 0.2) is 0 Å². The van der Waals surface area contributed by atoms with Gasteiger partial charge in [-0.15, -0.1) is 0 Å². The molecule has 0 amide bonds. The fourth-order valence-electron chi connectivity index (χ4n) is 1.46. The molecule has 4 heteroatoms. The summed E-state index contributed by atoms with van der Waals surface area (Å²) < 4.78 is 0. The summed E-state index contributed by atoms with van der Waals surface area (Å²) in [5, 5.41) is 0. The van der Waals surface area contributed by atoms with Gasteiger partial charge in [0.2, 0.25) is 0 Å². The number of rotatable bonds is 4. The van der Waals surface area contributed by atoms with Crippen LogP contribution < -0.4 is 5.73 Å². The summed E-state index contributed by atoms with van der Waals surface area (Å²) in [5.41, 5.74) is 5.23. The molecule has 1 saturated heterocycles. The molecule has 0 unspecified atom stereocenters. The third-order valence-corrected chi connectivity index (χ3v) is 2.53. The average molecular weight is 185 g/mol. The standard InChI is InChI=1S/C9H19N3O/c1-11-4-6-12(7-5-11)3-2-9(13)8-10/h2-8,10H2,1H3. The molecular formula is C9H19N3O. The van der Waals surface area contributed by atoms with Gasteiger partial charge in [0.25, 0.3) is 0 Å². The van der Waals surface area contributed by atoms with E-state index in [0.29, 0.717) is 6.42 Å². The minimum absolute atomic E-state index is 0.166. The Hall–Kier alpha value is -0.450. The summed E-state index contributed by atoms with van der Waals surface area (Å²) in [6, 6.07) is 0. The van der Waals surface area contributed by atoms with Gasteiger partial charge in [-0.1, -0.05) is 0 Å². The molecule has 0 aliphatic carbocycles. The van der Waals surface area contributed by atoms with Gasteiger partial charge in [0.1, 0.15) is 5.78 Å². The van der Waals surface area contributed by atoms with Crippen LogP contribution in [0.25, 0.3) is 0 Å². The lowest BCUT2D eigenvalue weighted by Crippen LogP contribution is -2.45. The average Bonchev–Trinajstić information content (AvgIpc) is 2.16. The molecule has 1 heterocycles. The first kappa shape index (κ1) is 10.6. The fraction of sp³-hybridized carbons (Fsp3) is 0.889. The molecule has 1 aliphatic heterocycles. The van der Waals surface area contributed by atoms with E-state index >= 15 is 0 Å². The van der Waals surface area contributed by atoms with Gasteiger partial charge >= 0.3 is 0 Å². The molecule has 76 valence electrons. The van der Waals surface area contributed by atoms with E-state index in [-0.39, 0.29) is 12.3 Å². The number of nitrogens with zero attached hydrogens (tertiary/aromatic N) is 2. The molecule has 0 aromatic rings. The molecule has 0 bridgehead atoms. The molecular weight excluding hydrogens is 166 g/mol. The van der Waals surface area contributed by atoms with Crippen LogP contribution in [0.4, 0.5) is 0 Å². The highest BCUT2D eigenvalue weighted by Gasteiger charge is 2.13. The summed E-state index contributed by atoms with van der Waals surface area (Å²) in [7, 11) is 2.13. The lowest BCUT2D eigenvalue weighted by atomic mass is 10.2. The predicted molar refractivity (Wildman–Crippen MR) is 52.6 cm³/mol. The highest BCUT2D eigenvalue weighted by atomic mass is 16.1. The van der Waals surface area contributed by atoms with Gasteiger partial charge < -0.3 is 15.5 Å². The van der Waals surface area contributed by atoms with Crippen molar-refractivity contribution in [1.82, 2.24) is 9.80 Å². The zero-order valence-corrected chi connectivity index (χ0v) is 8.33. The number of hydrogen-bond donors (Lipinski definition) is 1. The summed E-state index contributed by atoms with van der Waals surface area (Å²) in [4.78, 5) is 15.6. The minimum atomic E-state index is 0.166. The van der Waals surface area contributed by atoms with Crippen LogP contribution in [0.1, 0.15) is 6.42 Å². The largest absolute Gasteiger partial charge is 0.324 e. The molecule has 2 N–H and O–H groups in total. The van der Waals surface area contributed by atoms with E-state index in [1.807, 2.05) is 0 Å². The van der Waals surface area contributed by atoms with Crippen molar-refractivity contribution in [3.8, 4) is 0 Å². The van der Waals surface area contributed by atoms with Crippen LogP contribution in [0.2, 0.25) is 0 Å². The molecule has 0 aromatic carbocycles. The number of piperazine rings is 1. The van der Waals surface area contributed by atoms with Crippen molar-refractivity contribution in [2.45, 2.75) is 6.42 Å². The summed E-state index contributed by atoms with van der Waals surface area (Å²) in [6.07, 6.45) is 0.611. The molecule has 0 spiro atoms. The van der Waals surface area contributed by atoms with Crippen LogP contribution in [0.5, 0.6) is 0 Å². The molecule has 4 nitrogen and oxygen atoms in total. The van der Waals surface area contributed by atoms with Crippen molar-refractivity contribution < 1.29 is 4.79 Å². The highest BCUT2D eigenvalue weighted by Crippen LogP contribution is 1.99. The van der Waals surface area contributed by atoms with Crippen molar-refractivity contribution in [2.75, 3.05) is 46.3 Å². The smallest absolute Gasteiger partial charge is 0.147 e. The normalized spacial score (nSPS) is 20.5. The Morgan fingerprint density at radius 2 is 1.92 bits per heavy atom. The minimum Gasteiger partial charge on any atom is -0.324 e. The van der Waals surface area contributed by atoms with Crippen molar-refractivity contribution in [3.05, 3.63) is 0 Å². The maximum Gasteiger partial charge on any atom is 0.147 e. The Balaban J connectivity index is 2.12. The number of likely N-dealkylation sites (N-methyl/N-ethyl adjacent to an activating group) is 1. The van der Waals surface area contributed by atoms with Gasteiger partial charge in [-0.2, -0.15) is 0 Å². The monoisotopic (exact) mass is 185 g/mol. The Bertz CT molecular complexity index is 164. The SMILES string of the molecule is CN1CCN(CCC(=O)CN)CC1. The van der Waals surface area contributed by atoms with E-state index in [9.17, 15) is 4.79 Å². The number of Topliss-reactive ketones (excluding diaryl/α,β-unsaturated/α-hetero) is 1. The maximum absolute atomic E-state index is 11.0. The number of ketones is 1. The Kier molecular flexibility index (Phi) is 4.35. The molecule has 13 heavy (non-hydrogen) atoms. The lowest BCUT2D eigenvalue weighted by Gasteiger charge is -2.32. The quantitative estimate of drug-likeness (QED) is 0.620. The van der Waals surface area contributed by atoms with Crippen LogP contribution >= 0.6 is 0 Å².